The third-order valence-electron chi connectivity index (χ3n) is 10.7. The van der Waals surface area contributed by atoms with Gasteiger partial charge in [-0.15, -0.1) is 11.8 Å². The lowest BCUT2D eigenvalue weighted by Gasteiger charge is -2.43. The maximum absolute atomic E-state index is 14.1. The topological polar surface area (TPSA) is 126 Å². The molecule has 1 N–H and O–H groups in total. The van der Waals surface area contributed by atoms with Crippen LogP contribution < -0.4 is 14.5 Å². The highest BCUT2D eigenvalue weighted by Gasteiger charge is 2.69. The second-order valence-corrected chi connectivity index (χ2v) is 15.2. The Hall–Kier alpha value is -3.90. The summed E-state index contributed by atoms with van der Waals surface area (Å²) in [4.78, 5) is 72.5. The van der Waals surface area contributed by atoms with Gasteiger partial charge in [0.25, 0.3) is 5.91 Å². The van der Waals surface area contributed by atoms with E-state index in [0.717, 1.165) is 54.2 Å². The molecular formula is C35H35N3O7S2. The van der Waals surface area contributed by atoms with Gasteiger partial charge in [0.15, 0.2) is 6.61 Å². The van der Waals surface area contributed by atoms with Gasteiger partial charge in [-0.2, -0.15) is 0 Å². The van der Waals surface area contributed by atoms with Crippen molar-refractivity contribution in [1.82, 2.24) is 9.88 Å². The number of aromatic amines is 1. The van der Waals surface area contributed by atoms with E-state index in [1.54, 1.807) is 43.0 Å². The molecule has 3 aliphatic heterocycles. The minimum absolute atomic E-state index is 0.000961. The van der Waals surface area contributed by atoms with Crippen LogP contribution in [0.3, 0.4) is 0 Å². The monoisotopic (exact) mass is 673 g/mol. The van der Waals surface area contributed by atoms with Gasteiger partial charge in [0, 0.05) is 29.1 Å². The second-order valence-electron chi connectivity index (χ2n) is 13.0. The summed E-state index contributed by atoms with van der Waals surface area (Å²) in [7, 11) is 0. The number of H-pyrrole nitrogens is 1. The number of rotatable bonds is 7. The maximum Gasteiger partial charge on any atom is 0.338 e. The Morgan fingerprint density at radius 1 is 0.915 bits per heavy atom. The number of hydrogen-bond acceptors (Lipinski definition) is 9. The van der Waals surface area contributed by atoms with Gasteiger partial charge in [-0.3, -0.25) is 24.1 Å². The fourth-order valence-corrected chi connectivity index (χ4v) is 11.6. The van der Waals surface area contributed by atoms with Crippen molar-refractivity contribution in [2.45, 2.75) is 48.8 Å². The molecule has 2 aliphatic carbocycles. The van der Waals surface area contributed by atoms with Gasteiger partial charge >= 0.3 is 10.8 Å². The van der Waals surface area contributed by atoms with Crippen LogP contribution in [0.2, 0.25) is 0 Å². The van der Waals surface area contributed by atoms with E-state index >= 15 is 0 Å². The van der Waals surface area contributed by atoms with Gasteiger partial charge < -0.3 is 19.4 Å². The summed E-state index contributed by atoms with van der Waals surface area (Å²) in [6.45, 7) is 3.56. The SMILES string of the molecule is CCOC(=O)c1ccc(N2C(=O)C3C(C2=O)[C@@H]2C[C@H]3C3Sc4[nH]c(=O)sc4[C@H](c4ccc(OCC(=O)N5CCCCC5)cc4)C32)cc1. The zero-order chi connectivity index (χ0) is 32.4. The van der Waals surface area contributed by atoms with E-state index < -0.39 is 17.8 Å². The number of esters is 1. The number of thiazole rings is 1. The summed E-state index contributed by atoms with van der Waals surface area (Å²) >= 11 is 2.87. The number of aromatic nitrogens is 1. The lowest BCUT2D eigenvalue weighted by Crippen LogP contribution is -2.42. The number of anilines is 1. The van der Waals surface area contributed by atoms with E-state index in [4.69, 9.17) is 9.47 Å². The summed E-state index contributed by atoms with van der Waals surface area (Å²) in [5.74, 6) is -1.10. The Kier molecular flexibility index (Phi) is 7.75. The quantitative estimate of drug-likeness (QED) is 0.283. The number of fused-ring (bicyclic) bond motifs is 9. The number of thioether (sulfide) groups is 1. The molecule has 4 heterocycles. The molecule has 3 amide bonds. The van der Waals surface area contributed by atoms with Crippen LogP contribution in [0.5, 0.6) is 5.75 Å². The predicted octanol–water partition coefficient (Wildman–Crippen LogP) is 4.68. The number of ether oxygens (including phenoxy) is 2. The van der Waals surface area contributed by atoms with Gasteiger partial charge in [-0.05, 0) is 92.3 Å². The normalized spacial score (nSPS) is 29.0. The van der Waals surface area contributed by atoms with Crippen LogP contribution in [0.4, 0.5) is 5.69 Å². The Bertz CT molecular complexity index is 1800. The summed E-state index contributed by atoms with van der Waals surface area (Å²) in [5.41, 5.74) is 1.86. The molecule has 2 saturated carbocycles. The minimum atomic E-state index is -0.448. The highest BCUT2D eigenvalue weighted by Crippen LogP contribution is 2.68. The first-order valence-corrected chi connectivity index (χ1v) is 18.1. The first-order chi connectivity index (χ1) is 22.8. The van der Waals surface area contributed by atoms with Crippen molar-refractivity contribution in [2.24, 2.45) is 29.6 Å². The maximum atomic E-state index is 14.1. The standard InChI is InChI=1S/C35H35N3O7S2/c1-2-44-34(42)19-6-10-20(11-7-19)38-32(40)27-22-16-23(28(27)33(38)41)29-26(22)25(30-31(46-29)36-35(43)47-30)18-8-12-21(13-9-18)45-17-24(39)37-14-4-3-5-15-37/h6-13,22-23,25-29H,2-5,14-17H2,1H3,(H,36,43)/t22-,23-,25-,26?,27?,28?,29?/m1/s1. The van der Waals surface area contributed by atoms with Gasteiger partial charge in [-0.25, -0.2) is 4.79 Å². The predicted molar refractivity (Wildman–Crippen MR) is 176 cm³/mol. The van der Waals surface area contributed by atoms with Gasteiger partial charge in [0.1, 0.15) is 5.75 Å². The lowest BCUT2D eigenvalue weighted by atomic mass is 9.68. The van der Waals surface area contributed by atoms with Crippen LogP contribution in [0.15, 0.2) is 58.4 Å². The first-order valence-electron chi connectivity index (χ1n) is 16.4. The van der Waals surface area contributed by atoms with Crippen molar-refractivity contribution >= 4 is 52.5 Å². The Morgan fingerprint density at radius 2 is 1.62 bits per heavy atom. The molecule has 8 rings (SSSR count). The largest absolute Gasteiger partial charge is 0.484 e. The minimum Gasteiger partial charge on any atom is -0.484 e. The molecule has 0 radical (unpaired) electrons. The number of imide groups is 1. The van der Waals surface area contributed by atoms with Crippen LogP contribution in [0.1, 0.15) is 59.3 Å². The molecule has 5 aliphatic rings. The van der Waals surface area contributed by atoms with Crippen molar-refractivity contribution < 1.29 is 28.7 Å². The van der Waals surface area contributed by atoms with E-state index in [-0.39, 0.29) is 64.7 Å². The van der Waals surface area contributed by atoms with Crippen LogP contribution in [-0.4, -0.2) is 65.1 Å². The summed E-state index contributed by atoms with van der Waals surface area (Å²) in [6, 6.07) is 14.2. The van der Waals surface area contributed by atoms with Crippen molar-refractivity contribution in [2.75, 3.05) is 31.2 Å². The van der Waals surface area contributed by atoms with E-state index in [0.29, 0.717) is 17.0 Å². The highest BCUT2D eigenvalue weighted by molar-refractivity contribution is 8.00. The van der Waals surface area contributed by atoms with Crippen LogP contribution in [0.25, 0.3) is 0 Å². The number of nitrogens with one attached hydrogen (secondary N) is 1. The first kappa shape index (κ1) is 30.4. The fraction of sp³-hybridized carbons (Fsp3) is 0.457. The molecule has 3 aromatic rings. The van der Waals surface area contributed by atoms with E-state index in [1.807, 2.05) is 29.2 Å². The van der Waals surface area contributed by atoms with Crippen molar-refractivity contribution in [1.29, 1.82) is 0 Å². The number of hydrogen-bond donors (Lipinski definition) is 1. The number of carbonyl (C=O) groups is 4. The molecule has 2 bridgehead atoms. The Labute approximate surface area is 279 Å². The third kappa shape index (κ3) is 5.02. The number of carbonyl (C=O) groups excluding carboxylic acids is 4. The summed E-state index contributed by atoms with van der Waals surface area (Å²) < 4.78 is 11.0. The average molecular weight is 674 g/mol. The molecule has 4 unspecified atom stereocenters. The van der Waals surface area contributed by atoms with Crippen LogP contribution in [-0.2, 0) is 19.1 Å². The molecule has 12 heteroatoms. The van der Waals surface area contributed by atoms with Crippen LogP contribution >= 0.6 is 23.1 Å². The molecule has 2 saturated heterocycles. The number of likely N-dealkylation sites (tertiary alicyclic amines) is 1. The molecule has 7 atom stereocenters. The number of nitrogens with zero attached hydrogens (tertiary/aromatic N) is 2. The molecular weight excluding hydrogens is 639 g/mol. The van der Waals surface area contributed by atoms with E-state index in [2.05, 4.69) is 4.98 Å². The highest BCUT2D eigenvalue weighted by atomic mass is 32.2. The molecule has 10 nitrogen and oxygen atoms in total. The summed E-state index contributed by atoms with van der Waals surface area (Å²) in [5, 5.41) is 0.927. The van der Waals surface area contributed by atoms with E-state index in [9.17, 15) is 24.0 Å². The average Bonchev–Trinajstić information content (AvgIpc) is 3.83. The molecule has 2 aromatic carbocycles. The number of piperidine rings is 1. The second kappa shape index (κ2) is 12.0. The van der Waals surface area contributed by atoms with Crippen LogP contribution in [0, 0.1) is 29.6 Å². The number of benzene rings is 2. The molecule has 1 aromatic heterocycles. The third-order valence-corrected chi connectivity index (χ3v) is 13.3. The molecule has 244 valence electrons. The molecule has 47 heavy (non-hydrogen) atoms. The zero-order valence-electron chi connectivity index (χ0n) is 25.9. The zero-order valence-corrected chi connectivity index (χ0v) is 27.5. The Balaban J connectivity index is 1.05. The van der Waals surface area contributed by atoms with Gasteiger partial charge in [0.05, 0.1) is 34.7 Å². The lowest BCUT2D eigenvalue weighted by molar-refractivity contribution is -0.134. The van der Waals surface area contributed by atoms with E-state index in [1.165, 1.54) is 16.2 Å². The molecule has 4 fully saturated rings. The van der Waals surface area contributed by atoms with Gasteiger partial charge in [0.2, 0.25) is 11.8 Å². The fourth-order valence-electron chi connectivity index (χ4n) is 8.76. The van der Waals surface area contributed by atoms with Crippen molar-refractivity contribution in [3.63, 3.8) is 0 Å². The molecule has 0 spiro atoms. The summed E-state index contributed by atoms with van der Waals surface area (Å²) in [6.07, 6.45) is 4.01. The smallest absolute Gasteiger partial charge is 0.338 e. The van der Waals surface area contributed by atoms with Crippen molar-refractivity contribution in [3.8, 4) is 5.75 Å². The number of amides is 3. The Morgan fingerprint density at radius 3 is 2.32 bits per heavy atom. The van der Waals surface area contributed by atoms with Crippen molar-refractivity contribution in [3.05, 3.63) is 74.2 Å². The van der Waals surface area contributed by atoms with Gasteiger partial charge in [-0.1, -0.05) is 23.5 Å².